The highest BCUT2D eigenvalue weighted by atomic mass is 35.5. The van der Waals surface area contributed by atoms with Gasteiger partial charge in [-0.2, -0.15) is 5.10 Å². The number of alkyl halides is 1. The lowest BCUT2D eigenvalue weighted by Crippen LogP contribution is -2.35. The van der Waals surface area contributed by atoms with E-state index in [1.54, 1.807) is 0 Å². The van der Waals surface area contributed by atoms with Crippen molar-refractivity contribution in [2.24, 2.45) is 5.92 Å². The first-order valence-electron chi connectivity index (χ1n) is 6.95. The summed E-state index contributed by atoms with van der Waals surface area (Å²) in [6, 6.07) is 2.97. The fourth-order valence-corrected chi connectivity index (χ4v) is 2.51. The van der Waals surface area contributed by atoms with Gasteiger partial charge >= 0.3 is 0 Å². The molecule has 0 saturated heterocycles. The van der Waals surface area contributed by atoms with Gasteiger partial charge in [0.1, 0.15) is 0 Å². The van der Waals surface area contributed by atoms with Crippen molar-refractivity contribution in [3.05, 3.63) is 18.0 Å². The molecule has 104 valence electrons. The van der Waals surface area contributed by atoms with Gasteiger partial charge in [0.25, 0.3) is 0 Å². The van der Waals surface area contributed by atoms with Crippen LogP contribution in [0.3, 0.4) is 0 Å². The second-order valence-corrected chi connectivity index (χ2v) is 5.45. The Morgan fingerprint density at radius 1 is 1.33 bits per heavy atom. The number of aromatic nitrogens is 2. The van der Waals surface area contributed by atoms with Crippen LogP contribution in [0.15, 0.2) is 12.3 Å². The van der Waals surface area contributed by atoms with E-state index in [1.807, 2.05) is 0 Å². The summed E-state index contributed by atoms with van der Waals surface area (Å²) in [6.45, 7) is 9.57. The summed E-state index contributed by atoms with van der Waals surface area (Å²) in [4.78, 5) is 0. The molecule has 1 rings (SSSR count). The first-order chi connectivity index (χ1) is 8.62. The largest absolute Gasteiger partial charge is 0.307 e. The first kappa shape index (κ1) is 15.5. The summed E-state index contributed by atoms with van der Waals surface area (Å²) in [5.74, 6) is 1.19. The summed E-state index contributed by atoms with van der Waals surface area (Å²) in [5, 5.41) is 8.09. The van der Waals surface area contributed by atoms with Crippen LogP contribution in [0.4, 0.5) is 0 Å². The molecular formula is C14H26ClN3. The predicted molar refractivity (Wildman–Crippen MR) is 78.0 cm³/mol. The number of halogens is 1. The Hall–Kier alpha value is -0.540. The van der Waals surface area contributed by atoms with Gasteiger partial charge in [0, 0.05) is 24.7 Å². The van der Waals surface area contributed by atoms with E-state index in [-0.39, 0.29) is 0 Å². The summed E-state index contributed by atoms with van der Waals surface area (Å²) < 4.78 is 2.09. The highest BCUT2D eigenvalue weighted by Gasteiger charge is 2.12. The van der Waals surface area contributed by atoms with E-state index < -0.39 is 0 Å². The molecule has 1 aromatic heterocycles. The minimum Gasteiger partial charge on any atom is -0.307 e. The van der Waals surface area contributed by atoms with Gasteiger partial charge in [0.2, 0.25) is 0 Å². The Morgan fingerprint density at radius 3 is 2.50 bits per heavy atom. The number of hydrogen-bond acceptors (Lipinski definition) is 2. The van der Waals surface area contributed by atoms with Crippen molar-refractivity contribution in [3.63, 3.8) is 0 Å². The molecule has 0 aliphatic carbocycles. The van der Waals surface area contributed by atoms with Crippen LogP contribution in [-0.2, 0) is 6.54 Å². The van der Waals surface area contributed by atoms with Gasteiger partial charge in [-0.05, 0) is 24.8 Å². The van der Waals surface area contributed by atoms with E-state index in [2.05, 4.69) is 55.1 Å². The zero-order chi connectivity index (χ0) is 13.5. The van der Waals surface area contributed by atoms with Crippen molar-refractivity contribution < 1.29 is 0 Å². The Bertz CT molecular complexity index is 332. The van der Waals surface area contributed by atoms with Crippen molar-refractivity contribution in [2.75, 3.05) is 5.88 Å². The lowest BCUT2D eigenvalue weighted by Gasteiger charge is -2.19. The fraction of sp³-hybridized carbons (Fsp3) is 0.786. The van der Waals surface area contributed by atoms with Crippen molar-refractivity contribution in [1.29, 1.82) is 0 Å². The van der Waals surface area contributed by atoms with Crippen LogP contribution >= 0.6 is 11.6 Å². The highest BCUT2D eigenvalue weighted by Crippen LogP contribution is 2.14. The minimum atomic E-state index is 0.352. The molecule has 18 heavy (non-hydrogen) atoms. The van der Waals surface area contributed by atoms with Gasteiger partial charge in [-0.1, -0.05) is 27.7 Å². The summed E-state index contributed by atoms with van der Waals surface area (Å²) in [6.07, 6.45) is 4.34. The quantitative estimate of drug-likeness (QED) is 0.732. The third kappa shape index (κ3) is 4.29. The molecule has 0 aliphatic heterocycles. The molecule has 1 N–H and O–H groups in total. The smallest absolute Gasteiger partial charge is 0.0762 e. The van der Waals surface area contributed by atoms with Crippen LogP contribution in [0.25, 0.3) is 0 Å². The van der Waals surface area contributed by atoms with Gasteiger partial charge in [0.05, 0.1) is 11.7 Å². The Labute approximate surface area is 116 Å². The molecule has 1 heterocycles. The summed E-state index contributed by atoms with van der Waals surface area (Å²) >= 11 is 5.94. The monoisotopic (exact) mass is 271 g/mol. The van der Waals surface area contributed by atoms with Crippen molar-refractivity contribution in [1.82, 2.24) is 15.1 Å². The topological polar surface area (TPSA) is 29.9 Å². The lowest BCUT2D eigenvalue weighted by atomic mass is 10.1. The molecule has 0 amide bonds. The van der Waals surface area contributed by atoms with Gasteiger partial charge in [-0.3, -0.25) is 4.68 Å². The summed E-state index contributed by atoms with van der Waals surface area (Å²) in [7, 11) is 0. The van der Waals surface area contributed by atoms with E-state index in [4.69, 9.17) is 11.6 Å². The molecule has 1 aromatic rings. The number of rotatable bonds is 8. The molecule has 0 radical (unpaired) electrons. The molecule has 1 unspecified atom stereocenters. The van der Waals surface area contributed by atoms with Crippen LogP contribution in [0.5, 0.6) is 0 Å². The Balaban J connectivity index is 2.53. The zero-order valence-corrected chi connectivity index (χ0v) is 12.7. The molecule has 0 saturated carbocycles. The lowest BCUT2D eigenvalue weighted by molar-refractivity contribution is 0.410. The van der Waals surface area contributed by atoms with Crippen LogP contribution in [0.2, 0.25) is 0 Å². The van der Waals surface area contributed by atoms with Gasteiger partial charge < -0.3 is 5.32 Å². The normalized spacial score (nSPS) is 13.5. The van der Waals surface area contributed by atoms with Gasteiger partial charge in [-0.25, -0.2) is 0 Å². The Kier molecular flexibility index (Phi) is 6.72. The molecule has 0 fully saturated rings. The van der Waals surface area contributed by atoms with Crippen LogP contribution in [0, 0.1) is 5.92 Å². The first-order valence-corrected chi connectivity index (χ1v) is 7.49. The maximum absolute atomic E-state index is 5.94. The number of nitrogens with one attached hydrogen (secondary N) is 1. The zero-order valence-electron chi connectivity index (χ0n) is 12.0. The van der Waals surface area contributed by atoms with Gasteiger partial charge in [0.15, 0.2) is 0 Å². The van der Waals surface area contributed by atoms with E-state index in [1.165, 1.54) is 0 Å². The van der Waals surface area contributed by atoms with E-state index in [0.717, 1.165) is 25.1 Å². The van der Waals surface area contributed by atoms with Crippen molar-refractivity contribution in [2.45, 2.75) is 59.2 Å². The second-order valence-electron chi connectivity index (χ2n) is 5.14. The molecule has 0 aromatic carbocycles. The van der Waals surface area contributed by atoms with E-state index in [9.17, 15) is 0 Å². The van der Waals surface area contributed by atoms with Crippen molar-refractivity contribution >= 4 is 11.6 Å². The van der Waals surface area contributed by atoms with Crippen LogP contribution in [0.1, 0.15) is 52.3 Å². The molecule has 0 spiro atoms. The molecular weight excluding hydrogens is 246 g/mol. The van der Waals surface area contributed by atoms with Crippen molar-refractivity contribution in [3.8, 4) is 0 Å². The molecule has 0 aliphatic rings. The van der Waals surface area contributed by atoms with Crippen LogP contribution in [-0.4, -0.2) is 21.7 Å². The number of nitrogens with zero attached hydrogens (tertiary/aromatic N) is 2. The number of hydrogen-bond donors (Lipinski definition) is 1. The molecule has 0 bridgehead atoms. The maximum atomic E-state index is 5.94. The molecule has 3 nitrogen and oxygen atoms in total. The van der Waals surface area contributed by atoms with E-state index >= 15 is 0 Å². The highest BCUT2D eigenvalue weighted by molar-refractivity contribution is 6.18. The fourth-order valence-electron chi connectivity index (χ4n) is 2.04. The molecule has 1 atom stereocenters. The predicted octanol–water partition coefficient (Wildman–Crippen LogP) is 3.60. The molecule has 4 heteroatoms. The third-order valence-electron chi connectivity index (χ3n) is 3.50. The standard InChI is InChI=1S/C14H26ClN3/c1-5-13(6-2)18-8-7-12(17-18)10-16-14(9-15)11(3)4/h7-8,11,13-14,16H,5-6,9-10H2,1-4H3. The van der Waals surface area contributed by atoms with Gasteiger partial charge in [-0.15, -0.1) is 11.6 Å². The summed E-state index contributed by atoms with van der Waals surface area (Å²) in [5.41, 5.74) is 1.10. The van der Waals surface area contributed by atoms with E-state index in [0.29, 0.717) is 23.9 Å². The maximum Gasteiger partial charge on any atom is 0.0762 e. The average molecular weight is 272 g/mol. The Morgan fingerprint density at radius 2 is 2.00 bits per heavy atom. The third-order valence-corrected chi connectivity index (χ3v) is 3.83. The van der Waals surface area contributed by atoms with Crippen LogP contribution < -0.4 is 5.32 Å². The SMILES string of the molecule is CCC(CC)n1ccc(CNC(CCl)C(C)C)n1. The minimum absolute atomic E-state index is 0.352. The second kappa shape index (κ2) is 7.80. The average Bonchev–Trinajstić information content (AvgIpc) is 2.80.